The third-order valence-electron chi connectivity index (χ3n) is 2.41. The highest BCUT2D eigenvalue weighted by Crippen LogP contribution is 2.20. The van der Waals surface area contributed by atoms with E-state index >= 15 is 0 Å². The van der Waals surface area contributed by atoms with E-state index < -0.39 is 5.54 Å². The molecule has 0 aliphatic heterocycles. The van der Waals surface area contributed by atoms with E-state index in [2.05, 4.69) is 5.32 Å². The molecule has 0 aliphatic carbocycles. The van der Waals surface area contributed by atoms with E-state index in [0.29, 0.717) is 0 Å². The molecular weight excluding hydrogens is 192 g/mol. The van der Waals surface area contributed by atoms with Crippen molar-refractivity contribution >= 4 is 11.4 Å². The van der Waals surface area contributed by atoms with Crippen molar-refractivity contribution in [2.45, 2.75) is 19.4 Å². The molecule has 4 heteroatoms. The number of hydrogen-bond donors (Lipinski definition) is 4. The van der Waals surface area contributed by atoms with Gasteiger partial charge in [-0.05, 0) is 37.6 Å². The number of aryl methyl sites for hydroxylation is 1. The van der Waals surface area contributed by atoms with Crippen molar-refractivity contribution in [2.24, 2.45) is 0 Å². The molecule has 0 aliphatic rings. The van der Waals surface area contributed by atoms with Crippen LogP contribution in [0.15, 0.2) is 18.2 Å². The summed E-state index contributed by atoms with van der Waals surface area (Å²) in [5, 5.41) is 21.3. The van der Waals surface area contributed by atoms with Gasteiger partial charge in [0, 0.05) is 11.4 Å². The van der Waals surface area contributed by atoms with Crippen molar-refractivity contribution < 1.29 is 10.2 Å². The maximum atomic E-state index is 9.12. The zero-order chi connectivity index (χ0) is 11.5. The lowest BCUT2D eigenvalue weighted by molar-refractivity contribution is 0.147. The Balaban J connectivity index is 2.85. The molecule has 0 saturated heterocycles. The molecule has 15 heavy (non-hydrogen) atoms. The van der Waals surface area contributed by atoms with Crippen molar-refractivity contribution in [3.05, 3.63) is 23.8 Å². The van der Waals surface area contributed by atoms with Gasteiger partial charge in [-0.2, -0.15) is 0 Å². The fourth-order valence-electron chi connectivity index (χ4n) is 1.23. The molecule has 0 saturated carbocycles. The number of nitrogens with two attached hydrogens (primary N) is 1. The van der Waals surface area contributed by atoms with Crippen molar-refractivity contribution in [1.29, 1.82) is 0 Å². The summed E-state index contributed by atoms with van der Waals surface area (Å²) < 4.78 is 0. The van der Waals surface area contributed by atoms with Gasteiger partial charge in [0.1, 0.15) is 0 Å². The summed E-state index contributed by atoms with van der Waals surface area (Å²) in [6.45, 7) is 3.40. The zero-order valence-corrected chi connectivity index (χ0v) is 9.12. The first kappa shape index (κ1) is 11.8. The molecule has 0 aromatic heterocycles. The minimum Gasteiger partial charge on any atom is -0.399 e. The molecule has 1 aromatic carbocycles. The number of nitrogen functional groups attached to an aromatic ring is 1. The average Bonchev–Trinajstić information content (AvgIpc) is 2.23. The van der Waals surface area contributed by atoms with Gasteiger partial charge in [-0.15, -0.1) is 0 Å². The Kier molecular flexibility index (Phi) is 3.55. The third-order valence-corrected chi connectivity index (χ3v) is 2.41. The Morgan fingerprint density at radius 1 is 1.33 bits per heavy atom. The SMILES string of the molecule is Cc1cc(NC(C)(CO)CO)ccc1N. The monoisotopic (exact) mass is 210 g/mol. The minimum absolute atomic E-state index is 0.132. The smallest absolute Gasteiger partial charge is 0.0806 e. The van der Waals surface area contributed by atoms with Gasteiger partial charge in [-0.25, -0.2) is 0 Å². The summed E-state index contributed by atoms with van der Waals surface area (Å²) in [6, 6.07) is 5.51. The Hall–Kier alpha value is -1.26. The van der Waals surface area contributed by atoms with Crippen LogP contribution in [0, 0.1) is 6.92 Å². The lowest BCUT2D eigenvalue weighted by Gasteiger charge is -2.27. The molecule has 1 rings (SSSR count). The summed E-state index contributed by atoms with van der Waals surface area (Å²) in [5.74, 6) is 0. The molecule has 0 radical (unpaired) electrons. The average molecular weight is 210 g/mol. The van der Waals surface area contributed by atoms with Gasteiger partial charge < -0.3 is 21.3 Å². The van der Waals surface area contributed by atoms with Crippen molar-refractivity contribution in [3.63, 3.8) is 0 Å². The van der Waals surface area contributed by atoms with Crippen LogP contribution in [0.25, 0.3) is 0 Å². The Morgan fingerprint density at radius 3 is 2.40 bits per heavy atom. The van der Waals surface area contributed by atoms with Crippen LogP contribution in [0.1, 0.15) is 12.5 Å². The van der Waals surface area contributed by atoms with Gasteiger partial charge in [0.2, 0.25) is 0 Å². The third kappa shape index (κ3) is 2.84. The normalized spacial score (nSPS) is 11.5. The highest BCUT2D eigenvalue weighted by molar-refractivity contribution is 5.57. The van der Waals surface area contributed by atoms with E-state index in [1.54, 1.807) is 13.0 Å². The fourth-order valence-corrected chi connectivity index (χ4v) is 1.23. The number of aliphatic hydroxyl groups excluding tert-OH is 2. The number of nitrogens with one attached hydrogen (secondary N) is 1. The molecular formula is C11H18N2O2. The standard InChI is InChI=1S/C11H18N2O2/c1-8-5-9(3-4-10(8)12)13-11(2,6-14)7-15/h3-5,13-15H,6-7,12H2,1-2H3. The molecule has 0 heterocycles. The largest absolute Gasteiger partial charge is 0.399 e. The number of rotatable bonds is 4. The van der Waals surface area contributed by atoms with Gasteiger partial charge in [0.05, 0.1) is 18.8 Å². The molecule has 0 spiro atoms. The quantitative estimate of drug-likeness (QED) is 0.552. The van der Waals surface area contributed by atoms with Crippen LogP contribution in [-0.2, 0) is 0 Å². The van der Waals surface area contributed by atoms with Gasteiger partial charge >= 0.3 is 0 Å². The highest BCUT2D eigenvalue weighted by Gasteiger charge is 2.21. The van der Waals surface area contributed by atoms with Crippen LogP contribution < -0.4 is 11.1 Å². The fraction of sp³-hybridized carbons (Fsp3) is 0.455. The van der Waals surface area contributed by atoms with Gasteiger partial charge in [0.15, 0.2) is 0 Å². The molecule has 84 valence electrons. The molecule has 1 aromatic rings. The lowest BCUT2D eigenvalue weighted by atomic mass is 10.0. The van der Waals surface area contributed by atoms with Crippen LogP contribution in [0.5, 0.6) is 0 Å². The van der Waals surface area contributed by atoms with E-state index in [0.717, 1.165) is 16.9 Å². The van der Waals surface area contributed by atoms with Crippen LogP contribution in [0.4, 0.5) is 11.4 Å². The Bertz CT molecular complexity index is 335. The molecule has 4 nitrogen and oxygen atoms in total. The predicted octanol–water partition coefficient (Wildman–Crippen LogP) is 0.732. The number of benzene rings is 1. The molecule has 0 amide bonds. The topological polar surface area (TPSA) is 78.5 Å². The van der Waals surface area contributed by atoms with Gasteiger partial charge in [-0.1, -0.05) is 0 Å². The molecule has 0 atom stereocenters. The van der Waals surface area contributed by atoms with Crippen molar-refractivity contribution in [3.8, 4) is 0 Å². The Labute approximate surface area is 89.7 Å². The second-order valence-corrected chi connectivity index (χ2v) is 4.07. The van der Waals surface area contributed by atoms with Crippen LogP contribution >= 0.6 is 0 Å². The van der Waals surface area contributed by atoms with E-state index in [-0.39, 0.29) is 13.2 Å². The molecule has 0 bridgehead atoms. The van der Waals surface area contributed by atoms with Crippen LogP contribution in [0.2, 0.25) is 0 Å². The number of aliphatic hydroxyl groups is 2. The summed E-state index contributed by atoms with van der Waals surface area (Å²) in [4.78, 5) is 0. The Morgan fingerprint density at radius 2 is 1.93 bits per heavy atom. The van der Waals surface area contributed by atoms with Gasteiger partial charge in [-0.3, -0.25) is 0 Å². The summed E-state index contributed by atoms with van der Waals surface area (Å²) in [7, 11) is 0. The predicted molar refractivity (Wildman–Crippen MR) is 61.8 cm³/mol. The van der Waals surface area contributed by atoms with E-state index in [4.69, 9.17) is 15.9 Å². The summed E-state index contributed by atoms with van der Waals surface area (Å²) in [6.07, 6.45) is 0. The summed E-state index contributed by atoms with van der Waals surface area (Å²) in [5.41, 5.74) is 7.53. The van der Waals surface area contributed by atoms with E-state index in [1.165, 1.54) is 0 Å². The zero-order valence-electron chi connectivity index (χ0n) is 9.12. The second-order valence-electron chi connectivity index (χ2n) is 4.07. The first-order valence-corrected chi connectivity index (χ1v) is 4.87. The maximum absolute atomic E-state index is 9.12. The first-order valence-electron chi connectivity index (χ1n) is 4.87. The number of anilines is 2. The number of hydrogen-bond acceptors (Lipinski definition) is 4. The van der Waals surface area contributed by atoms with Gasteiger partial charge in [0.25, 0.3) is 0 Å². The van der Waals surface area contributed by atoms with Crippen LogP contribution in [-0.4, -0.2) is 29.0 Å². The molecule has 0 unspecified atom stereocenters. The van der Waals surface area contributed by atoms with Crippen LogP contribution in [0.3, 0.4) is 0 Å². The maximum Gasteiger partial charge on any atom is 0.0806 e. The molecule has 5 N–H and O–H groups in total. The lowest BCUT2D eigenvalue weighted by Crippen LogP contribution is -2.42. The van der Waals surface area contributed by atoms with E-state index in [1.807, 2.05) is 19.1 Å². The molecule has 0 fully saturated rings. The van der Waals surface area contributed by atoms with Crippen molar-refractivity contribution in [2.75, 3.05) is 24.3 Å². The second kappa shape index (κ2) is 4.51. The first-order chi connectivity index (χ1) is 7.00. The summed E-state index contributed by atoms with van der Waals surface area (Å²) >= 11 is 0. The van der Waals surface area contributed by atoms with Crippen molar-refractivity contribution in [1.82, 2.24) is 0 Å². The minimum atomic E-state index is -0.706. The highest BCUT2D eigenvalue weighted by atomic mass is 16.3. The van der Waals surface area contributed by atoms with E-state index in [9.17, 15) is 0 Å².